The smallest absolute Gasteiger partial charge is 0.326 e. The summed E-state index contributed by atoms with van der Waals surface area (Å²) in [7, 11) is 0. The van der Waals surface area contributed by atoms with Gasteiger partial charge in [-0.3, -0.25) is 4.57 Å². The van der Waals surface area contributed by atoms with E-state index in [1.807, 2.05) is 28.8 Å². The van der Waals surface area contributed by atoms with Crippen LogP contribution in [0, 0.1) is 5.82 Å². The molecule has 0 amide bonds. The predicted octanol–water partition coefficient (Wildman–Crippen LogP) is 4.30. The van der Waals surface area contributed by atoms with Gasteiger partial charge in [0, 0.05) is 30.6 Å². The van der Waals surface area contributed by atoms with Gasteiger partial charge in [0.25, 0.3) is 0 Å². The van der Waals surface area contributed by atoms with Crippen LogP contribution < -0.4 is 5.69 Å². The number of benzene rings is 2. The van der Waals surface area contributed by atoms with Crippen LogP contribution in [0.2, 0.25) is 0 Å². The van der Waals surface area contributed by atoms with Crippen LogP contribution in [0.3, 0.4) is 0 Å². The Hall–Kier alpha value is -2.64. The molecule has 0 saturated carbocycles. The first kappa shape index (κ1) is 20.6. The number of nitrogens with zero attached hydrogens (tertiary/aromatic N) is 3. The molecule has 0 unspecified atom stereocenters. The second kappa shape index (κ2) is 8.62. The standard InChI is InChI=1S/C22H23FN4O2.ClH/c23-15-7-8-17-18(25-29-21(17)14-15)5-3-11-26-12-9-16(10-13-26)27-20-6-2-1-4-19(20)24-22(27)28;/h1-2,4,6-8,14,16H,3,5,9-13H2,(H,24,28);1H. The Bertz CT molecular complexity index is 1210. The largest absolute Gasteiger partial charge is 0.356 e. The van der Waals surface area contributed by atoms with Gasteiger partial charge in [-0.2, -0.15) is 0 Å². The summed E-state index contributed by atoms with van der Waals surface area (Å²) in [5, 5.41) is 4.99. The topological polar surface area (TPSA) is 67.1 Å². The first-order chi connectivity index (χ1) is 14.2. The number of aromatic amines is 1. The maximum atomic E-state index is 13.3. The zero-order chi connectivity index (χ0) is 19.8. The van der Waals surface area contributed by atoms with Crippen molar-refractivity contribution in [3.05, 3.63) is 64.5 Å². The monoisotopic (exact) mass is 430 g/mol. The molecular weight excluding hydrogens is 407 g/mol. The molecule has 158 valence electrons. The zero-order valence-corrected chi connectivity index (χ0v) is 17.3. The highest BCUT2D eigenvalue weighted by atomic mass is 35.5. The Labute approximate surface area is 179 Å². The van der Waals surface area contributed by atoms with Crippen molar-refractivity contribution in [1.82, 2.24) is 19.6 Å². The second-order valence-corrected chi connectivity index (χ2v) is 7.76. The summed E-state index contributed by atoms with van der Waals surface area (Å²) < 4.78 is 20.4. The number of piperidine rings is 1. The van der Waals surface area contributed by atoms with Crippen LogP contribution in [0.25, 0.3) is 22.0 Å². The van der Waals surface area contributed by atoms with Crippen molar-refractivity contribution < 1.29 is 8.91 Å². The van der Waals surface area contributed by atoms with Crippen molar-refractivity contribution in [3.63, 3.8) is 0 Å². The summed E-state index contributed by atoms with van der Waals surface area (Å²) in [6.07, 6.45) is 3.71. The van der Waals surface area contributed by atoms with E-state index in [0.717, 1.165) is 67.4 Å². The predicted molar refractivity (Wildman–Crippen MR) is 117 cm³/mol. The van der Waals surface area contributed by atoms with Gasteiger partial charge in [0.2, 0.25) is 0 Å². The van der Waals surface area contributed by atoms with E-state index < -0.39 is 0 Å². The number of halogens is 2. The minimum absolute atomic E-state index is 0. The number of likely N-dealkylation sites (tertiary alicyclic amines) is 1. The lowest BCUT2D eigenvalue weighted by molar-refractivity contribution is 0.185. The second-order valence-electron chi connectivity index (χ2n) is 7.76. The highest BCUT2D eigenvalue weighted by Crippen LogP contribution is 2.25. The third kappa shape index (κ3) is 3.87. The summed E-state index contributed by atoms with van der Waals surface area (Å²) >= 11 is 0. The number of hydrogen-bond acceptors (Lipinski definition) is 4. The van der Waals surface area contributed by atoms with Crippen molar-refractivity contribution in [2.24, 2.45) is 0 Å². The first-order valence-corrected chi connectivity index (χ1v) is 10.1. The fourth-order valence-corrected chi connectivity index (χ4v) is 4.45. The van der Waals surface area contributed by atoms with Gasteiger partial charge in [0.05, 0.1) is 16.7 Å². The van der Waals surface area contributed by atoms with Crippen LogP contribution in [-0.2, 0) is 6.42 Å². The molecule has 30 heavy (non-hydrogen) atoms. The fourth-order valence-electron chi connectivity index (χ4n) is 4.45. The van der Waals surface area contributed by atoms with Gasteiger partial charge in [0.1, 0.15) is 5.82 Å². The molecule has 0 radical (unpaired) electrons. The van der Waals surface area contributed by atoms with E-state index >= 15 is 0 Å². The molecule has 1 aliphatic heterocycles. The lowest BCUT2D eigenvalue weighted by atomic mass is 10.0. The molecule has 2 aromatic carbocycles. The summed E-state index contributed by atoms with van der Waals surface area (Å²) in [5.41, 5.74) is 3.27. The van der Waals surface area contributed by atoms with Gasteiger partial charge in [-0.1, -0.05) is 17.3 Å². The van der Waals surface area contributed by atoms with E-state index in [2.05, 4.69) is 15.0 Å². The molecule has 1 fully saturated rings. The lowest BCUT2D eigenvalue weighted by Gasteiger charge is -2.32. The molecule has 4 aromatic rings. The molecule has 6 nitrogen and oxygen atoms in total. The van der Waals surface area contributed by atoms with Gasteiger partial charge in [-0.15, -0.1) is 12.4 Å². The van der Waals surface area contributed by atoms with Crippen LogP contribution in [0.5, 0.6) is 0 Å². The SMILES string of the molecule is Cl.O=c1[nH]c2ccccc2n1C1CCN(CCCc2noc3cc(F)ccc23)CC1. The Balaban J connectivity index is 0.00000218. The number of aryl methyl sites for hydroxylation is 1. The summed E-state index contributed by atoms with van der Waals surface area (Å²) in [4.78, 5) is 17.8. The van der Waals surface area contributed by atoms with Crippen molar-refractivity contribution in [3.8, 4) is 0 Å². The Morgan fingerprint density at radius 1 is 1.17 bits per heavy atom. The number of hydrogen-bond donors (Lipinski definition) is 1. The van der Waals surface area contributed by atoms with E-state index in [1.54, 1.807) is 6.07 Å². The summed E-state index contributed by atoms with van der Waals surface area (Å²) in [6.45, 7) is 2.92. The molecule has 5 rings (SSSR count). The van der Waals surface area contributed by atoms with Crippen LogP contribution in [0.4, 0.5) is 4.39 Å². The van der Waals surface area contributed by atoms with Crippen LogP contribution in [-0.4, -0.2) is 39.2 Å². The Morgan fingerprint density at radius 3 is 2.80 bits per heavy atom. The van der Waals surface area contributed by atoms with Gasteiger partial charge >= 0.3 is 5.69 Å². The van der Waals surface area contributed by atoms with Crippen LogP contribution in [0.15, 0.2) is 51.8 Å². The van der Waals surface area contributed by atoms with Crippen molar-refractivity contribution >= 4 is 34.4 Å². The van der Waals surface area contributed by atoms with Crippen molar-refractivity contribution in [2.75, 3.05) is 19.6 Å². The van der Waals surface area contributed by atoms with Gasteiger partial charge in [-0.25, -0.2) is 9.18 Å². The number of aromatic nitrogens is 3. The maximum Gasteiger partial charge on any atom is 0.326 e. The van der Waals surface area contributed by atoms with Gasteiger partial charge < -0.3 is 14.4 Å². The third-order valence-electron chi connectivity index (χ3n) is 5.94. The van der Waals surface area contributed by atoms with Crippen LogP contribution >= 0.6 is 12.4 Å². The number of H-pyrrole nitrogens is 1. The zero-order valence-electron chi connectivity index (χ0n) is 16.5. The quantitative estimate of drug-likeness (QED) is 0.512. The number of imidazole rings is 1. The molecule has 8 heteroatoms. The van der Waals surface area contributed by atoms with E-state index in [-0.39, 0.29) is 30.0 Å². The van der Waals surface area contributed by atoms with E-state index in [0.29, 0.717) is 5.58 Å². The fraction of sp³-hybridized carbons (Fsp3) is 0.364. The lowest BCUT2D eigenvalue weighted by Crippen LogP contribution is -2.37. The molecule has 0 aliphatic carbocycles. The van der Waals surface area contributed by atoms with Crippen molar-refractivity contribution in [2.45, 2.75) is 31.7 Å². The Kier molecular flexibility index (Phi) is 5.92. The minimum Gasteiger partial charge on any atom is -0.356 e. The first-order valence-electron chi connectivity index (χ1n) is 10.1. The summed E-state index contributed by atoms with van der Waals surface area (Å²) in [6, 6.07) is 12.7. The van der Waals surface area contributed by atoms with Crippen molar-refractivity contribution in [1.29, 1.82) is 0 Å². The minimum atomic E-state index is -0.308. The van der Waals surface area contributed by atoms with E-state index in [1.165, 1.54) is 12.1 Å². The number of fused-ring (bicyclic) bond motifs is 2. The molecule has 1 saturated heterocycles. The normalized spacial score (nSPS) is 15.6. The number of rotatable bonds is 5. The average molecular weight is 431 g/mol. The highest BCUT2D eigenvalue weighted by molar-refractivity contribution is 5.85. The molecule has 0 bridgehead atoms. The summed E-state index contributed by atoms with van der Waals surface area (Å²) in [5.74, 6) is -0.308. The van der Waals surface area contributed by atoms with E-state index in [9.17, 15) is 9.18 Å². The molecule has 0 atom stereocenters. The molecule has 0 spiro atoms. The molecular formula is C22H24ClFN4O2. The molecule has 2 aromatic heterocycles. The molecule has 1 aliphatic rings. The number of nitrogens with one attached hydrogen (secondary N) is 1. The molecule has 3 heterocycles. The highest BCUT2D eigenvalue weighted by Gasteiger charge is 2.23. The Morgan fingerprint density at radius 2 is 1.97 bits per heavy atom. The third-order valence-corrected chi connectivity index (χ3v) is 5.94. The van der Waals surface area contributed by atoms with E-state index in [4.69, 9.17) is 4.52 Å². The average Bonchev–Trinajstić information content (AvgIpc) is 3.28. The van der Waals surface area contributed by atoms with Crippen LogP contribution in [0.1, 0.15) is 31.0 Å². The molecule has 1 N–H and O–H groups in total. The van der Waals surface area contributed by atoms with Gasteiger partial charge in [0.15, 0.2) is 5.58 Å². The van der Waals surface area contributed by atoms with Gasteiger partial charge in [-0.05, 0) is 56.5 Å². The number of para-hydroxylation sites is 2. The maximum absolute atomic E-state index is 13.3.